The molecule has 0 amide bonds. The fourth-order valence-corrected chi connectivity index (χ4v) is 2.23. The van der Waals surface area contributed by atoms with Crippen molar-refractivity contribution < 1.29 is 4.74 Å². The van der Waals surface area contributed by atoms with Gasteiger partial charge in [-0.15, -0.1) is 0 Å². The van der Waals surface area contributed by atoms with Crippen molar-refractivity contribution in [3.05, 3.63) is 18.2 Å². The van der Waals surface area contributed by atoms with Crippen LogP contribution in [0.25, 0.3) is 0 Å². The van der Waals surface area contributed by atoms with Crippen LogP contribution >= 0.6 is 0 Å². The monoisotopic (exact) mass is 239 g/mol. The summed E-state index contributed by atoms with van der Waals surface area (Å²) in [6.45, 7) is 7.95. The summed E-state index contributed by atoms with van der Waals surface area (Å²) in [4.78, 5) is 4.28. The lowest BCUT2D eigenvalue weighted by atomic mass is 9.92. The van der Waals surface area contributed by atoms with E-state index in [1.54, 1.807) is 7.11 Å². The van der Waals surface area contributed by atoms with E-state index in [9.17, 15) is 0 Å². The molecule has 0 aliphatic carbocycles. The molecule has 0 saturated carbocycles. The Bertz CT molecular complexity index is 322. The van der Waals surface area contributed by atoms with Crippen LogP contribution in [0.1, 0.15) is 44.8 Å². The van der Waals surface area contributed by atoms with Crippen molar-refractivity contribution in [2.45, 2.75) is 39.2 Å². The Morgan fingerprint density at radius 3 is 2.65 bits per heavy atom. The Balaban J connectivity index is 2.97. The summed E-state index contributed by atoms with van der Waals surface area (Å²) < 4.78 is 7.49. The van der Waals surface area contributed by atoms with Crippen LogP contribution in [-0.4, -0.2) is 29.8 Å². The highest BCUT2D eigenvalue weighted by atomic mass is 16.5. The van der Waals surface area contributed by atoms with Gasteiger partial charge >= 0.3 is 0 Å². The first kappa shape index (κ1) is 14.2. The molecule has 2 unspecified atom stereocenters. The number of aromatic nitrogens is 2. The molecule has 2 N–H and O–H groups in total. The zero-order valence-corrected chi connectivity index (χ0v) is 11.4. The number of hydrogen-bond donors (Lipinski definition) is 1. The number of hydrogen-bond acceptors (Lipinski definition) is 3. The predicted octanol–water partition coefficient (Wildman–Crippen LogP) is 2.18. The lowest BCUT2D eigenvalue weighted by molar-refractivity contribution is 0.150. The number of rotatable bonds is 7. The number of nitrogens with two attached hydrogens (primary N) is 1. The summed E-state index contributed by atoms with van der Waals surface area (Å²) >= 11 is 0. The van der Waals surface area contributed by atoms with E-state index in [-0.39, 0.29) is 0 Å². The highest BCUT2D eigenvalue weighted by Crippen LogP contribution is 2.26. The van der Waals surface area contributed by atoms with Crippen LogP contribution in [0.15, 0.2) is 12.5 Å². The molecular weight excluding hydrogens is 214 g/mol. The Morgan fingerprint density at radius 2 is 2.18 bits per heavy atom. The first-order valence-corrected chi connectivity index (χ1v) is 6.36. The van der Waals surface area contributed by atoms with E-state index < -0.39 is 0 Å². The van der Waals surface area contributed by atoms with Crippen LogP contribution < -0.4 is 5.73 Å². The molecule has 1 aromatic heterocycles. The van der Waals surface area contributed by atoms with Gasteiger partial charge in [0.25, 0.3) is 0 Å². The largest absolute Gasteiger partial charge is 0.383 e. The second kappa shape index (κ2) is 6.77. The van der Waals surface area contributed by atoms with Gasteiger partial charge in [-0.2, -0.15) is 0 Å². The van der Waals surface area contributed by atoms with Crippen LogP contribution in [-0.2, 0) is 4.74 Å². The number of ether oxygens (including phenoxy) is 1. The van der Waals surface area contributed by atoms with Crippen molar-refractivity contribution in [1.29, 1.82) is 0 Å². The number of methoxy groups -OCH3 is 1. The molecule has 0 aliphatic heterocycles. The van der Waals surface area contributed by atoms with Gasteiger partial charge < -0.3 is 15.0 Å². The molecule has 4 heteroatoms. The molecule has 0 aromatic carbocycles. The average Bonchev–Trinajstić information content (AvgIpc) is 2.75. The summed E-state index contributed by atoms with van der Waals surface area (Å²) in [5, 5.41) is 0. The van der Waals surface area contributed by atoms with Crippen molar-refractivity contribution in [3.8, 4) is 0 Å². The van der Waals surface area contributed by atoms with Gasteiger partial charge in [0, 0.05) is 31.5 Å². The summed E-state index contributed by atoms with van der Waals surface area (Å²) in [6.07, 6.45) is 4.87. The van der Waals surface area contributed by atoms with Gasteiger partial charge in [0.1, 0.15) is 0 Å². The first-order valence-electron chi connectivity index (χ1n) is 6.36. The molecule has 0 fully saturated rings. The van der Waals surface area contributed by atoms with Gasteiger partial charge in [-0.05, 0) is 12.3 Å². The van der Waals surface area contributed by atoms with Gasteiger partial charge in [-0.1, -0.05) is 20.8 Å². The third-order valence-corrected chi connectivity index (χ3v) is 3.36. The highest BCUT2D eigenvalue weighted by Gasteiger charge is 2.21. The second-order valence-electron chi connectivity index (χ2n) is 4.83. The van der Waals surface area contributed by atoms with Crippen LogP contribution in [0.2, 0.25) is 0 Å². The van der Waals surface area contributed by atoms with E-state index in [2.05, 4.69) is 30.3 Å². The molecule has 0 aliphatic rings. The quantitative estimate of drug-likeness (QED) is 0.793. The fourth-order valence-electron chi connectivity index (χ4n) is 2.23. The molecule has 1 aromatic rings. The van der Waals surface area contributed by atoms with Gasteiger partial charge in [-0.25, -0.2) is 4.98 Å². The summed E-state index contributed by atoms with van der Waals surface area (Å²) in [7, 11) is 1.74. The molecule has 1 heterocycles. The lowest BCUT2D eigenvalue weighted by Gasteiger charge is -2.25. The molecule has 0 spiro atoms. The third kappa shape index (κ3) is 3.30. The Morgan fingerprint density at radius 1 is 1.47 bits per heavy atom. The standard InChI is InChI=1S/C13H25N3O/c1-5-11(8-17-4)16-9-15-7-13(16)12(6-14)10(2)3/h7,9-12H,5-6,8,14H2,1-4H3. The maximum atomic E-state index is 5.88. The first-order chi connectivity index (χ1) is 8.15. The van der Waals surface area contributed by atoms with Crippen LogP contribution in [0, 0.1) is 5.92 Å². The molecule has 2 atom stereocenters. The molecule has 0 bridgehead atoms. The van der Waals surface area contributed by atoms with Gasteiger partial charge in [0.15, 0.2) is 0 Å². The van der Waals surface area contributed by atoms with Crippen LogP contribution in [0.3, 0.4) is 0 Å². The zero-order chi connectivity index (χ0) is 12.8. The van der Waals surface area contributed by atoms with Crippen molar-refractivity contribution in [2.24, 2.45) is 11.7 Å². The molecule has 4 nitrogen and oxygen atoms in total. The minimum atomic E-state index is 0.352. The third-order valence-electron chi connectivity index (χ3n) is 3.36. The maximum absolute atomic E-state index is 5.88. The van der Waals surface area contributed by atoms with Gasteiger partial charge in [0.05, 0.1) is 19.0 Å². The zero-order valence-electron chi connectivity index (χ0n) is 11.4. The van der Waals surface area contributed by atoms with E-state index in [1.807, 2.05) is 12.5 Å². The maximum Gasteiger partial charge on any atom is 0.0951 e. The Hall–Kier alpha value is -0.870. The van der Waals surface area contributed by atoms with Crippen molar-refractivity contribution >= 4 is 0 Å². The number of nitrogens with zero attached hydrogens (tertiary/aromatic N) is 2. The summed E-state index contributed by atoms with van der Waals surface area (Å²) in [5.41, 5.74) is 7.11. The molecule has 1 rings (SSSR count). The van der Waals surface area contributed by atoms with Crippen LogP contribution in [0.5, 0.6) is 0 Å². The molecule has 0 saturated heterocycles. The summed E-state index contributed by atoms with van der Waals surface area (Å²) in [5.74, 6) is 0.888. The second-order valence-corrected chi connectivity index (χ2v) is 4.83. The van der Waals surface area contributed by atoms with E-state index in [0.717, 1.165) is 13.0 Å². The van der Waals surface area contributed by atoms with Crippen molar-refractivity contribution in [1.82, 2.24) is 9.55 Å². The lowest BCUT2D eigenvalue weighted by Crippen LogP contribution is -2.24. The molecule has 17 heavy (non-hydrogen) atoms. The van der Waals surface area contributed by atoms with E-state index in [1.165, 1.54) is 5.69 Å². The van der Waals surface area contributed by atoms with Crippen molar-refractivity contribution in [2.75, 3.05) is 20.3 Å². The van der Waals surface area contributed by atoms with Gasteiger partial charge in [-0.3, -0.25) is 0 Å². The molecule has 0 radical (unpaired) electrons. The minimum Gasteiger partial charge on any atom is -0.383 e. The van der Waals surface area contributed by atoms with Gasteiger partial charge in [0.2, 0.25) is 0 Å². The predicted molar refractivity (Wildman–Crippen MR) is 70.1 cm³/mol. The van der Waals surface area contributed by atoms with E-state index in [4.69, 9.17) is 10.5 Å². The number of imidazole rings is 1. The van der Waals surface area contributed by atoms with E-state index in [0.29, 0.717) is 24.4 Å². The highest BCUT2D eigenvalue weighted by molar-refractivity contribution is 5.09. The normalized spacial score (nSPS) is 15.2. The topological polar surface area (TPSA) is 53.1 Å². The smallest absolute Gasteiger partial charge is 0.0951 e. The SMILES string of the molecule is CCC(COC)n1cncc1C(CN)C(C)C. The molecule has 98 valence electrons. The van der Waals surface area contributed by atoms with Crippen LogP contribution in [0.4, 0.5) is 0 Å². The Kier molecular flexibility index (Phi) is 5.65. The average molecular weight is 239 g/mol. The molecular formula is C13H25N3O. The Labute approximate surface area is 104 Å². The fraction of sp³-hybridized carbons (Fsp3) is 0.769. The minimum absolute atomic E-state index is 0.352. The summed E-state index contributed by atoms with van der Waals surface area (Å²) in [6, 6.07) is 0.352. The van der Waals surface area contributed by atoms with Crippen molar-refractivity contribution in [3.63, 3.8) is 0 Å². The van der Waals surface area contributed by atoms with E-state index >= 15 is 0 Å².